The van der Waals surface area contributed by atoms with Crippen LogP contribution < -0.4 is 5.73 Å². The topological polar surface area (TPSA) is 52.3 Å². The molecular weight excluding hydrogens is 238 g/mol. The predicted octanol–water partition coefficient (Wildman–Crippen LogP) is 4.19. The lowest BCUT2D eigenvalue weighted by molar-refractivity contribution is -0.151. The third-order valence-electron chi connectivity index (χ3n) is 3.41. The summed E-state index contributed by atoms with van der Waals surface area (Å²) in [6, 6.07) is -0.506. The summed E-state index contributed by atoms with van der Waals surface area (Å²) in [6.45, 7) is 6.10. The van der Waals surface area contributed by atoms with E-state index in [1.807, 2.05) is 0 Å². The van der Waals surface area contributed by atoms with Gasteiger partial charge in [-0.3, -0.25) is 4.79 Å². The number of ether oxygens (including phenoxy) is 1. The van der Waals surface area contributed by atoms with Crippen molar-refractivity contribution in [2.24, 2.45) is 5.73 Å². The lowest BCUT2D eigenvalue weighted by atomic mass is 10.0. The van der Waals surface area contributed by atoms with Gasteiger partial charge in [-0.1, -0.05) is 52.4 Å². The fraction of sp³-hybridized carbons (Fsp3) is 0.938. The monoisotopic (exact) mass is 271 g/mol. The summed E-state index contributed by atoms with van der Waals surface area (Å²) < 4.78 is 5.51. The molecule has 0 aromatic carbocycles. The lowest BCUT2D eigenvalue weighted by Crippen LogP contribution is -2.32. The van der Waals surface area contributed by atoms with E-state index in [1.165, 1.54) is 38.5 Å². The summed E-state index contributed by atoms with van der Waals surface area (Å²) in [7, 11) is 0. The first kappa shape index (κ1) is 18.4. The van der Waals surface area contributed by atoms with Crippen LogP contribution in [-0.4, -0.2) is 18.1 Å². The highest BCUT2D eigenvalue weighted by atomic mass is 16.5. The van der Waals surface area contributed by atoms with Crippen molar-refractivity contribution in [1.29, 1.82) is 0 Å². The quantitative estimate of drug-likeness (QED) is 0.428. The molecular formula is C16H33NO2. The standard InChI is InChI=1S/C16H33NO2/c1-4-6-8-10-12-15(13-11-9-7-5-2)19-16(18)14(3)17/h14-15H,4-13,17H2,1-3H3/t14-/m0/s1. The van der Waals surface area contributed by atoms with Crippen molar-refractivity contribution in [1.82, 2.24) is 0 Å². The molecule has 19 heavy (non-hydrogen) atoms. The number of rotatable bonds is 12. The smallest absolute Gasteiger partial charge is 0.322 e. The van der Waals surface area contributed by atoms with E-state index in [0.29, 0.717) is 0 Å². The molecule has 0 radical (unpaired) electrons. The molecule has 0 aromatic rings. The average molecular weight is 271 g/mol. The highest BCUT2D eigenvalue weighted by Crippen LogP contribution is 2.16. The van der Waals surface area contributed by atoms with Crippen LogP contribution in [0.5, 0.6) is 0 Å². The zero-order valence-electron chi connectivity index (χ0n) is 13.1. The number of carbonyl (C=O) groups excluding carboxylic acids is 1. The van der Waals surface area contributed by atoms with Crippen molar-refractivity contribution in [3.63, 3.8) is 0 Å². The Balaban J connectivity index is 3.95. The summed E-state index contributed by atoms with van der Waals surface area (Å²) in [5.74, 6) is -0.254. The summed E-state index contributed by atoms with van der Waals surface area (Å²) in [5.41, 5.74) is 5.56. The molecule has 2 N–H and O–H groups in total. The Morgan fingerprint density at radius 3 is 1.79 bits per heavy atom. The fourth-order valence-electron chi connectivity index (χ4n) is 2.13. The minimum atomic E-state index is -0.506. The number of hydrogen-bond donors (Lipinski definition) is 1. The molecule has 3 nitrogen and oxygen atoms in total. The first-order valence-corrected chi connectivity index (χ1v) is 8.07. The number of unbranched alkanes of at least 4 members (excludes halogenated alkanes) is 6. The largest absolute Gasteiger partial charge is 0.461 e. The Morgan fingerprint density at radius 2 is 1.42 bits per heavy atom. The second kappa shape index (κ2) is 12.5. The Kier molecular flexibility index (Phi) is 12.1. The van der Waals surface area contributed by atoms with E-state index in [-0.39, 0.29) is 12.1 Å². The predicted molar refractivity (Wildman–Crippen MR) is 81.0 cm³/mol. The molecule has 1 atom stereocenters. The third-order valence-corrected chi connectivity index (χ3v) is 3.41. The van der Waals surface area contributed by atoms with Crippen molar-refractivity contribution in [2.45, 2.75) is 97.1 Å². The van der Waals surface area contributed by atoms with Gasteiger partial charge >= 0.3 is 5.97 Å². The number of carbonyl (C=O) groups is 1. The van der Waals surface area contributed by atoms with Crippen molar-refractivity contribution >= 4 is 5.97 Å². The molecule has 0 amide bonds. The zero-order valence-corrected chi connectivity index (χ0v) is 13.1. The second-order valence-electron chi connectivity index (χ2n) is 5.55. The Hall–Kier alpha value is -0.570. The SMILES string of the molecule is CCCCCCC(CCCCCC)OC(=O)[C@H](C)N. The normalized spacial score (nSPS) is 12.7. The minimum Gasteiger partial charge on any atom is -0.461 e. The third kappa shape index (κ3) is 11.0. The summed E-state index contributed by atoms with van der Waals surface area (Å²) in [4.78, 5) is 11.6. The van der Waals surface area contributed by atoms with Crippen LogP contribution in [0, 0.1) is 0 Å². The van der Waals surface area contributed by atoms with E-state index < -0.39 is 6.04 Å². The fourth-order valence-corrected chi connectivity index (χ4v) is 2.13. The Bertz CT molecular complexity index is 205. The van der Waals surface area contributed by atoms with E-state index in [9.17, 15) is 4.79 Å². The summed E-state index contributed by atoms with van der Waals surface area (Å²) in [6.07, 6.45) is 11.8. The van der Waals surface area contributed by atoms with E-state index >= 15 is 0 Å². The van der Waals surface area contributed by atoms with Gasteiger partial charge in [-0.25, -0.2) is 0 Å². The highest BCUT2D eigenvalue weighted by molar-refractivity contribution is 5.75. The van der Waals surface area contributed by atoms with Crippen LogP contribution in [0.2, 0.25) is 0 Å². The van der Waals surface area contributed by atoms with E-state index in [0.717, 1.165) is 25.7 Å². The lowest BCUT2D eigenvalue weighted by Gasteiger charge is -2.19. The van der Waals surface area contributed by atoms with Gasteiger partial charge in [0.2, 0.25) is 0 Å². The molecule has 0 rings (SSSR count). The maximum Gasteiger partial charge on any atom is 0.322 e. The van der Waals surface area contributed by atoms with Gasteiger partial charge in [-0.05, 0) is 32.6 Å². The molecule has 0 spiro atoms. The van der Waals surface area contributed by atoms with Gasteiger partial charge < -0.3 is 10.5 Å². The molecule has 0 aliphatic rings. The molecule has 0 saturated carbocycles. The van der Waals surface area contributed by atoms with Gasteiger partial charge in [0, 0.05) is 0 Å². The molecule has 0 unspecified atom stereocenters. The molecule has 3 heteroatoms. The molecule has 0 heterocycles. The molecule has 0 aliphatic carbocycles. The van der Waals surface area contributed by atoms with E-state index in [4.69, 9.17) is 10.5 Å². The van der Waals surface area contributed by atoms with Crippen LogP contribution in [0.3, 0.4) is 0 Å². The van der Waals surface area contributed by atoms with Crippen molar-refractivity contribution in [3.8, 4) is 0 Å². The van der Waals surface area contributed by atoms with Crippen LogP contribution in [0.1, 0.15) is 85.0 Å². The maximum absolute atomic E-state index is 11.6. The second-order valence-corrected chi connectivity index (χ2v) is 5.55. The first-order valence-electron chi connectivity index (χ1n) is 8.07. The van der Waals surface area contributed by atoms with Crippen LogP contribution >= 0.6 is 0 Å². The molecule has 0 aromatic heterocycles. The van der Waals surface area contributed by atoms with Crippen molar-refractivity contribution in [2.75, 3.05) is 0 Å². The van der Waals surface area contributed by atoms with Crippen LogP contribution in [0.15, 0.2) is 0 Å². The van der Waals surface area contributed by atoms with Crippen LogP contribution in [0.25, 0.3) is 0 Å². The highest BCUT2D eigenvalue weighted by Gasteiger charge is 2.16. The molecule has 0 saturated heterocycles. The molecule has 0 fully saturated rings. The van der Waals surface area contributed by atoms with Gasteiger partial charge in [0.25, 0.3) is 0 Å². The molecule has 0 aliphatic heterocycles. The minimum absolute atomic E-state index is 0.0761. The van der Waals surface area contributed by atoms with E-state index in [1.54, 1.807) is 6.92 Å². The molecule has 114 valence electrons. The van der Waals surface area contributed by atoms with Crippen molar-refractivity contribution in [3.05, 3.63) is 0 Å². The van der Waals surface area contributed by atoms with Gasteiger partial charge in [0.05, 0.1) is 0 Å². The van der Waals surface area contributed by atoms with E-state index in [2.05, 4.69) is 13.8 Å². The maximum atomic E-state index is 11.6. The Labute approximate surface area is 119 Å². The van der Waals surface area contributed by atoms with Gasteiger partial charge in [-0.15, -0.1) is 0 Å². The number of nitrogens with two attached hydrogens (primary N) is 1. The summed E-state index contributed by atoms with van der Waals surface area (Å²) in [5, 5.41) is 0. The van der Waals surface area contributed by atoms with Crippen molar-refractivity contribution < 1.29 is 9.53 Å². The molecule has 0 bridgehead atoms. The van der Waals surface area contributed by atoms with Crippen LogP contribution in [-0.2, 0) is 9.53 Å². The van der Waals surface area contributed by atoms with Gasteiger partial charge in [0.15, 0.2) is 0 Å². The van der Waals surface area contributed by atoms with Gasteiger partial charge in [-0.2, -0.15) is 0 Å². The number of esters is 1. The average Bonchev–Trinajstić information content (AvgIpc) is 2.38. The van der Waals surface area contributed by atoms with Crippen LogP contribution in [0.4, 0.5) is 0 Å². The first-order chi connectivity index (χ1) is 9.11. The van der Waals surface area contributed by atoms with Gasteiger partial charge in [0.1, 0.15) is 12.1 Å². The summed E-state index contributed by atoms with van der Waals surface area (Å²) >= 11 is 0. The zero-order chi connectivity index (χ0) is 14.5. The Morgan fingerprint density at radius 1 is 0.947 bits per heavy atom. The number of hydrogen-bond acceptors (Lipinski definition) is 3.